The molecule has 1 aromatic carbocycles. The molecule has 11 heteroatoms. The van der Waals surface area contributed by atoms with Crippen molar-refractivity contribution in [3.8, 4) is 11.1 Å². The fraction of sp³-hybridized carbons (Fsp3) is 0.150. The van der Waals surface area contributed by atoms with Crippen molar-refractivity contribution in [1.82, 2.24) is 15.0 Å². The summed E-state index contributed by atoms with van der Waals surface area (Å²) in [6, 6.07) is 9.23. The molecule has 0 unspecified atom stereocenters. The normalized spacial score (nSPS) is 11.1. The van der Waals surface area contributed by atoms with Gasteiger partial charge >= 0.3 is 12.1 Å². The van der Waals surface area contributed by atoms with Crippen LogP contribution >= 0.6 is 0 Å². The Labute approximate surface area is 174 Å². The molecule has 3 aromatic rings. The topological polar surface area (TPSA) is 117 Å². The second-order valence-electron chi connectivity index (χ2n) is 6.53. The van der Waals surface area contributed by atoms with E-state index in [4.69, 9.17) is 5.11 Å². The summed E-state index contributed by atoms with van der Waals surface area (Å²) >= 11 is 0. The number of amides is 1. The van der Waals surface area contributed by atoms with E-state index in [1.807, 2.05) is 13.0 Å². The summed E-state index contributed by atoms with van der Waals surface area (Å²) in [7, 11) is 0. The van der Waals surface area contributed by atoms with E-state index in [0.717, 1.165) is 17.8 Å². The summed E-state index contributed by atoms with van der Waals surface area (Å²) in [5, 5.41) is 13.8. The monoisotopic (exact) mass is 431 g/mol. The highest BCUT2D eigenvalue weighted by Crippen LogP contribution is 2.29. The Morgan fingerprint density at radius 3 is 2.48 bits per heavy atom. The van der Waals surface area contributed by atoms with Crippen molar-refractivity contribution in [2.45, 2.75) is 19.5 Å². The van der Waals surface area contributed by atoms with Crippen molar-refractivity contribution in [2.24, 2.45) is 0 Å². The van der Waals surface area contributed by atoms with E-state index in [1.54, 1.807) is 18.2 Å². The highest BCUT2D eigenvalue weighted by atomic mass is 19.4. The van der Waals surface area contributed by atoms with Crippen LogP contribution in [-0.2, 0) is 15.8 Å². The van der Waals surface area contributed by atoms with E-state index in [2.05, 4.69) is 25.6 Å². The maximum absolute atomic E-state index is 12.8. The maximum atomic E-state index is 12.8. The van der Waals surface area contributed by atoms with E-state index in [1.165, 1.54) is 12.3 Å². The van der Waals surface area contributed by atoms with Crippen LogP contribution in [0, 0.1) is 6.92 Å². The summed E-state index contributed by atoms with van der Waals surface area (Å²) in [6.07, 6.45) is -2.75. The number of carbonyl (C=O) groups is 2. The van der Waals surface area contributed by atoms with Crippen molar-refractivity contribution in [2.75, 3.05) is 10.6 Å². The van der Waals surface area contributed by atoms with Crippen molar-refractivity contribution in [1.29, 1.82) is 0 Å². The van der Waals surface area contributed by atoms with Crippen molar-refractivity contribution in [3.63, 3.8) is 0 Å². The zero-order chi connectivity index (χ0) is 22.6. The molecule has 2 aromatic heterocycles. The Morgan fingerprint density at radius 1 is 1.06 bits per heavy atom. The lowest BCUT2D eigenvalue weighted by atomic mass is 10.0. The molecule has 0 aliphatic rings. The molecular weight excluding hydrogens is 415 g/mol. The van der Waals surface area contributed by atoms with Gasteiger partial charge in [-0.15, -0.1) is 0 Å². The number of hydrogen-bond donors (Lipinski definition) is 3. The standard InChI is InChI=1S/C20H16F3N5O3/c1-11-6-13(12-2-3-16(25-10-12)28-17(29)9-18(30)31)8-14(7-11)26-19-24-5-4-15(27-19)20(21,22)23/h2-8,10H,9H2,1H3,(H,30,31)(H,24,26,27)(H,25,28,29). The van der Waals surface area contributed by atoms with Crippen LogP contribution in [0.25, 0.3) is 11.1 Å². The Kier molecular flexibility index (Phi) is 6.14. The molecule has 0 aliphatic heterocycles. The van der Waals surface area contributed by atoms with Crippen molar-refractivity contribution < 1.29 is 27.9 Å². The van der Waals surface area contributed by atoms with Gasteiger partial charge in [0.05, 0.1) is 0 Å². The van der Waals surface area contributed by atoms with E-state index in [-0.39, 0.29) is 11.8 Å². The van der Waals surface area contributed by atoms with E-state index >= 15 is 0 Å². The number of anilines is 3. The number of aryl methyl sites for hydroxylation is 1. The van der Waals surface area contributed by atoms with Crippen LogP contribution in [0.15, 0.2) is 48.8 Å². The molecule has 0 spiro atoms. The first-order valence-corrected chi connectivity index (χ1v) is 8.87. The minimum atomic E-state index is -4.58. The zero-order valence-electron chi connectivity index (χ0n) is 16.1. The van der Waals surface area contributed by atoms with Gasteiger partial charge < -0.3 is 15.7 Å². The average Bonchev–Trinajstić information content (AvgIpc) is 2.67. The third kappa shape index (κ3) is 5.98. The molecule has 0 atom stereocenters. The molecule has 0 saturated carbocycles. The summed E-state index contributed by atoms with van der Waals surface area (Å²) in [4.78, 5) is 33.5. The van der Waals surface area contributed by atoms with Crippen molar-refractivity contribution >= 4 is 29.3 Å². The molecule has 1 amide bonds. The van der Waals surface area contributed by atoms with Gasteiger partial charge in [-0.05, 0) is 48.4 Å². The van der Waals surface area contributed by atoms with Crippen LogP contribution in [0.4, 0.5) is 30.6 Å². The predicted octanol–water partition coefficient (Wildman–Crippen LogP) is 4.02. The van der Waals surface area contributed by atoms with Gasteiger partial charge in [0.1, 0.15) is 17.9 Å². The molecule has 0 bridgehead atoms. The van der Waals surface area contributed by atoms with Gasteiger partial charge in [-0.2, -0.15) is 13.2 Å². The first-order valence-electron chi connectivity index (χ1n) is 8.87. The minimum absolute atomic E-state index is 0.193. The van der Waals surface area contributed by atoms with Gasteiger partial charge in [-0.3, -0.25) is 9.59 Å². The summed E-state index contributed by atoms with van der Waals surface area (Å²) in [5.41, 5.74) is 1.64. The van der Waals surface area contributed by atoms with Crippen LogP contribution in [0.5, 0.6) is 0 Å². The number of aromatic nitrogens is 3. The molecule has 0 radical (unpaired) electrons. The zero-order valence-corrected chi connectivity index (χ0v) is 16.1. The van der Waals surface area contributed by atoms with E-state index in [0.29, 0.717) is 16.8 Å². The minimum Gasteiger partial charge on any atom is -0.481 e. The number of rotatable bonds is 6. The maximum Gasteiger partial charge on any atom is 0.433 e. The molecule has 31 heavy (non-hydrogen) atoms. The number of alkyl halides is 3. The van der Waals surface area contributed by atoms with Gasteiger partial charge in [-0.1, -0.05) is 6.07 Å². The molecule has 0 aliphatic carbocycles. The van der Waals surface area contributed by atoms with Crippen LogP contribution in [0.3, 0.4) is 0 Å². The van der Waals surface area contributed by atoms with Gasteiger partial charge in [0.15, 0.2) is 0 Å². The number of carboxylic acid groups (broad SMARTS) is 1. The van der Waals surface area contributed by atoms with Crippen LogP contribution in [0.2, 0.25) is 0 Å². The van der Waals surface area contributed by atoms with E-state index in [9.17, 15) is 22.8 Å². The van der Waals surface area contributed by atoms with Crippen LogP contribution < -0.4 is 10.6 Å². The molecule has 3 N–H and O–H groups in total. The Hall–Kier alpha value is -4.02. The molecule has 160 valence electrons. The molecule has 0 saturated heterocycles. The SMILES string of the molecule is Cc1cc(Nc2nccc(C(F)(F)F)n2)cc(-c2ccc(NC(=O)CC(=O)O)nc2)c1. The van der Waals surface area contributed by atoms with Crippen molar-refractivity contribution in [3.05, 3.63) is 60.0 Å². The van der Waals surface area contributed by atoms with Crippen LogP contribution in [0.1, 0.15) is 17.7 Å². The number of carboxylic acids is 1. The first-order chi connectivity index (χ1) is 14.6. The smallest absolute Gasteiger partial charge is 0.433 e. The largest absolute Gasteiger partial charge is 0.481 e. The quantitative estimate of drug-likeness (QED) is 0.505. The first kappa shape index (κ1) is 21.7. The summed E-state index contributed by atoms with van der Waals surface area (Å²) < 4.78 is 38.5. The van der Waals surface area contributed by atoms with E-state index < -0.39 is 30.2 Å². The lowest BCUT2D eigenvalue weighted by Gasteiger charge is -2.11. The molecule has 2 heterocycles. The van der Waals surface area contributed by atoms with Gasteiger partial charge in [0.2, 0.25) is 11.9 Å². The number of pyridine rings is 1. The number of carbonyl (C=O) groups excluding carboxylic acids is 1. The number of nitrogens with zero attached hydrogens (tertiary/aromatic N) is 3. The number of benzene rings is 1. The summed E-state index contributed by atoms with van der Waals surface area (Å²) in [5.74, 6) is -1.95. The van der Waals surface area contributed by atoms with Gasteiger partial charge in [0, 0.05) is 23.6 Å². The third-order valence-electron chi connectivity index (χ3n) is 3.96. The van der Waals surface area contributed by atoms with Gasteiger partial charge in [0.25, 0.3) is 0 Å². The van der Waals surface area contributed by atoms with Crippen LogP contribution in [-0.4, -0.2) is 31.9 Å². The van der Waals surface area contributed by atoms with Gasteiger partial charge in [-0.25, -0.2) is 15.0 Å². The highest BCUT2D eigenvalue weighted by molar-refractivity contribution is 6.00. The lowest BCUT2D eigenvalue weighted by Crippen LogP contribution is -2.16. The fourth-order valence-electron chi connectivity index (χ4n) is 2.69. The molecule has 3 rings (SSSR count). The fourth-order valence-corrected chi connectivity index (χ4v) is 2.69. The number of aliphatic carboxylic acids is 1. The Balaban J connectivity index is 1.80. The average molecular weight is 431 g/mol. The summed E-state index contributed by atoms with van der Waals surface area (Å²) in [6.45, 7) is 1.82. The number of halogens is 3. The third-order valence-corrected chi connectivity index (χ3v) is 3.96. The number of hydrogen-bond acceptors (Lipinski definition) is 6. The molecule has 0 fully saturated rings. The second-order valence-corrected chi connectivity index (χ2v) is 6.53. The molecule has 8 nitrogen and oxygen atoms in total. The Bertz CT molecular complexity index is 1120. The predicted molar refractivity (Wildman–Crippen MR) is 106 cm³/mol. The number of nitrogens with one attached hydrogen (secondary N) is 2. The molecular formula is C20H16F3N5O3. The second kappa shape index (κ2) is 8.78. The Morgan fingerprint density at radius 2 is 1.84 bits per heavy atom. The highest BCUT2D eigenvalue weighted by Gasteiger charge is 2.32. The lowest BCUT2D eigenvalue weighted by molar-refractivity contribution is -0.141.